The largest absolute Gasteiger partial charge is 0.351 e. The summed E-state index contributed by atoms with van der Waals surface area (Å²) in [5.74, 6) is 0.878. The lowest BCUT2D eigenvalue weighted by Gasteiger charge is -2.20. The van der Waals surface area contributed by atoms with Gasteiger partial charge in [-0.1, -0.05) is 20.8 Å². The quantitative estimate of drug-likeness (QED) is 0.846. The fourth-order valence-electron chi connectivity index (χ4n) is 1.98. The van der Waals surface area contributed by atoms with Gasteiger partial charge in [-0.3, -0.25) is 0 Å². The number of anilines is 1. The summed E-state index contributed by atoms with van der Waals surface area (Å²) in [5, 5.41) is 0.941. The number of carbonyl (C=O) groups is 1. The molecule has 0 atom stereocenters. The van der Waals surface area contributed by atoms with E-state index in [0.29, 0.717) is 6.54 Å². The van der Waals surface area contributed by atoms with Gasteiger partial charge < -0.3 is 15.5 Å². The van der Waals surface area contributed by atoms with E-state index in [0.717, 1.165) is 37.0 Å². The van der Waals surface area contributed by atoms with Gasteiger partial charge in [0.1, 0.15) is 5.82 Å². The third-order valence-corrected chi connectivity index (χ3v) is 3.94. The minimum atomic E-state index is -0.338. The van der Waals surface area contributed by atoms with E-state index < -0.39 is 0 Å². The monoisotopic (exact) mass is 283 g/mol. The van der Waals surface area contributed by atoms with Crippen LogP contribution in [0.5, 0.6) is 0 Å². The summed E-state index contributed by atoms with van der Waals surface area (Å²) in [6.07, 6.45) is 0.910. The van der Waals surface area contributed by atoms with Crippen LogP contribution in [0.1, 0.15) is 33.0 Å². The Hall–Kier alpha value is -1.37. The van der Waals surface area contributed by atoms with Crippen molar-refractivity contribution in [3.63, 3.8) is 0 Å². The van der Waals surface area contributed by atoms with Gasteiger partial charge in [-0.05, 0) is 6.42 Å². The van der Waals surface area contributed by atoms with E-state index in [9.17, 15) is 4.79 Å². The maximum atomic E-state index is 11.2. The SMILES string of the molecule is CC(C)(C)c1nsc(N2CCCN(C(N)=O)CC2)n1. The Morgan fingerprint density at radius 3 is 2.58 bits per heavy atom. The second kappa shape index (κ2) is 5.32. The normalized spacial score (nSPS) is 17.4. The van der Waals surface area contributed by atoms with Gasteiger partial charge in [-0.25, -0.2) is 9.78 Å². The first-order valence-corrected chi connectivity index (χ1v) is 7.29. The number of rotatable bonds is 1. The third kappa shape index (κ3) is 3.34. The Morgan fingerprint density at radius 2 is 2.00 bits per heavy atom. The molecule has 0 aromatic carbocycles. The van der Waals surface area contributed by atoms with Crippen LogP contribution in [0.25, 0.3) is 0 Å². The second-order valence-electron chi connectivity index (χ2n) is 5.82. The number of aromatic nitrogens is 2. The van der Waals surface area contributed by atoms with Gasteiger partial charge in [0.15, 0.2) is 0 Å². The number of primary amides is 1. The van der Waals surface area contributed by atoms with Gasteiger partial charge >= 0.3 is 6.03 Å². The zero-order chi connectivity index (χ0) is 14.0. The molecule has 6 nitrogen and oxygen atoms in total. The highest BCUT2D eigenvalue weighted by Gasteiger charge is 2.23. The standard InChI is InChI=1S/C12H21N5OS/c1-12(2,3)9-14-11(19-15-9)17-6-4-5-16(7-8-17)10(13)18/h4-8H2,1-3H3,(H2,13,18). The lowest BCUT2D eigenvalue weighted by molar-refractivity contribution is 0.211. The first-order valence-electron chi connectivity index (χ1n) is 6.51. The van der Waals surface area contributed by atoms with Crippen molar-refractivity contribution in [2.24, 2.45) is 5.73 Å². The molecule has 0 aliphatic carbocycles. The molecule has 2 N–H and O–H groups in total. The summed E-state index contributed by atoms with van der Waals surface area (Å²) in [4.78, 5) is 19.7. The van der Waals surface area contributed by atoms with Crippen molar-refractivity contribution in [2.75, 3.05) is 31.1 Å². The summed E-state index contributed by atoms with van der Waals surface area (Å²) in [6, 6.07) is -0.338. The summed E-state index contributed by atoms with van der Waals surface area (Å²) in [7, 11) is 0. The van der Waals surface area contributed by atoms with Crippen molar-refractivity contribution in [2.45, 2.75) is 32.6 Å². The topological polar surface area (TPSA) is 75.3 Å². The van der Waals surface area contributed by atoms with E-state index in [1.54, 1.807) is 4.90 Å². The minimum Gasteiger partial charge on any atom is -0.351 e. The number of nitrogens with two attached hydrogens (primary N) is 1. The highest BCUT2D eigenvalue weighted by Crippen LogP contribution is 2.25. The number of urea groups is 1. The first-order chi connectivity index (χ1) is 8.88. The molecule has 2 rings (SSSR count). The lowest BCUT2D eigenvalue weighted by Crippen LogP contribution is -2.38. The maximum Gasteiger partial charge on any atom is 0.314 e. The van der Waals surface area contributed by atoms with E-state index in [4.69, 9.17) is 5.73 Å². The molecular formula is C12H21N5OS. The van der Waals surface area contributed by atoms with Crippen LogP contribution in [-0.4, -0.2) is 46.5 Å². The summed E-state index contributed by atoms with van der Waals surface area (Å²) in [5.41, 5.74) is 5.30. The first kappa shape index (κ1) is 14.0. The van der Waals surface area contributed by atoms with Crippen molar-refractivity contribution < 1.29 is 4.79 Å². The fraction of sp³-hybridized carbons (Fsp3) is 0.750. The van der Waals surface area contributed by atoms with Gasteiger partial charge in [-0.2, -0.15) is 4.37 Å². The molecule has 19 heavy (non-hydrogen) atoms. The zero-order valence-corrected chi connectivity index (χ0v) is 12.5. The van der Waals surface area contributed by atoms with Crippen LogP contribution in [0.15, 0.2) is 0 Å². The molecule has 1 aromatic heterocycles. The van der Waals surface area contributed by atoms with E-state index in [1.807, 2.05) is 0 Å². The molecule has 1 fully saturated rings. The summed E-state index contributed by atoms with van der Waals surface area (Å²) < 4.78 is 4.43. The average molecular weight is 283 g/mol. The summed E-state index contributed by atoms with van der Waals surface area (Å²) in [6.45, 7) is 9.35. The Kier molecular flexibility index (Phi) is 3.93. The fourth-order valence-corrected chi connectivity index (χ4v) is 2.89. The minimum absolute atomic E-state index is 0.0279. The van der Waals surface area contributed by atoms with Crippen molar-refractivity contribution in [3.05, 3.63) is 5.82 Å². The van der Waals surface area contributed by atoms with Crippen molar-refractivity contribution in [1.82, 2.24) is 14.3 Å². The number of hydrogen-bond donors (Lipinski definition) is 1. The highest BCUT2D eigenvalue weighted by molar-refractivity contribution is 7.09. The molecule has 0 saturated carbocycles. The smallest absolute Gasteiger partial charge is 0.314 e. The molecule has 7 heteroatoms. The Labute approximate surface area is 117 Å². The van der Waals surface area contributed by atoms with Gasteiger partial charge in [0, 0.05) is 43.1 Å². The van der Waals surface area contributed by atoms with Gasteiger partial charge in [0.25, 0.3) is 0 Å². The Balaban J connectivity index is 2.06. The lowest BCUT2D eigenvalue weighted by atomic mass is 9.96. The maximum absolute atomic E-state index is 11.2. The van der Waals surface area contributed by atoms with Crippen LogP contribution in [-0.2, 0) is 5.41 Å². The third-order valence-electron chi connectivity index (χ3n) is 3.16. The Bertz CT molecular complexity index is 453. The molecule has 0 bridgehead atoms. The van der Waals surface area contributed by atoms with Crippen molar-refractivity contribution in [3.8, 4) is 0 Å². The number of hydrogen-bond acceptors (Lipinski definition) is 5. The molecule has 1 aliphatic rings. The van der Waals surface area contributed by atoms with E-state index >= 15 is 0 Å². The highest BCUT2D eigenvalue weighted by atomic mass is 32.1. The number of amides is 2. The van der Waals surface area contributed by atoms with Crippen LogP contribution >= 0.6 is 11.5 Å². The van der Waals surface area contributed by atoms with Crippen LogP contribution in [0.2, 0.25) is 0 Å². The molecule has 0 unspecified atom stereocenters. The van der Waals surface area contributed by atoms with Crippen molar-refractivity contribution in [1.29, 1.82) is 0 Å². The molecule has 0 spiro atoms. The molecule has 1 aromatic rings. The molecule has 2 amide bonds. The summed E-state index contributed by atoms with van der Waals surface area (Å²) >= 11 is 1.43. The molecule has 2 heterocycles. The van der Waals surface area contributed by atoms with Crippen molar-refractivity contribution >= 4 is 22.7 Å². The van der Waals surface area contributed by atoms with Crippen LogP contribution in [0.3, 0.4) is 0 Å². The molecule has 1 aliphatic heterocycles. The predicted molar refractivity (Wildman–Crippen MR) is 76.6 cm³/mol. The van der Waals surface area contributed by atoms with E-state index in [1.165, 1.54) is 11.5 Å². The van der Waals surface area contributed by atoms with E-state index in [-0.39, 0.29) is 11.4 Å². The molecule has 106 valence electrons. The van der Waals surface area contributed by atoms with E-state index in [2.05, 4.69) is 35.0 Å². The zero-order valence-electron chi connectivity index (χ0n) is 11.7. The second-order valence-corrected chi connectivity index (χ2v) is 6.55. The predicted octanol–water partition coefficient (Wildman–Crippen LogP) is 1.43. The van der Waals surface area contributed by atoms with Gasteiger partial charge in [-0.15, -0.1) is 0 Å². The number of nitrogens with zero attached hydrogens (tertiary/aromatic N) is 4. The van der Waals surface area contributed by atoms with Crippen LogP contribution in [0.4, 0.5) is 9.93 Å². The van der Waals surface area contributed by atoms with Crippen LogP contribution < -0.4 is 10.6 Å². The van der Waals surface area contributed by atoms with Gasteiger partial charge in [0.2, 0.25) is 5.13 Å². The molecular weight excluding hydrogens is 262 g/mol. The number of carbonyl (C=O) groups excluding carboxylic acids is 1. The molecule has 0 radical (unpaired) electrons. The average Bonchev–Trinajstić information content (AvgIpc) is 2.67. The van der Waals surface area contributed by atoms with Gasteiger partial charge in [0.05, 0.1) is 0 Å². The Morgan fingerprint density at radius 1 is 1.26 bits per heavy atom. The molecule has 1 saturated heterocycles. The van der Waals surface area contributed by atoms with Crippen LogP contribution in [0, 0.1) is 0 Å².